The van der Waals surface area contributed by atoms with Crippen LogP contribution in [-0.2, 0) is 10.5 Å². The number of benzene rings is 1. The first-order chi connectivity index (χ1) is 8.40. The van der Waals surface area contributed by atoms with E-state index in [2.05, 4.69) is 0 Å². The van der Waals surface area contributed by atoms with Gasteiger partial charge < -0.3 is 10.8 Å². The number of hydrogen-bond donors (Lipinski definition) is 2. The maximum atomic E-state index is 11.0. The zero-order valence-corrected chi connectivity index (χ0v) is 11.3. The van der Waals surface area contributed by atoms with Gasteiger partial charge in [0.05, 0.1) is 6.42 Å². The second-order valence-electron chi connectivity index (χ2n) is 4.22. The van der Waals surface area contributed by atoms with E-state index in [1.807, 2.05) is 19.9 Å². The number of aliphatic carboxylic acids is 1. The summed E-state index contributed by atoms with van der Waals surface area (Å²) in [4.78, 5) is 21.5. The fraction of sp³-hybridized carbons (Fsp3) is 0.385. The van der Waals surface area contributed by atoms with Gasteiger partial charge in [-0.05, 0) is 30.2 Å². The van der Waals surface area contributed by atoms with Crippen molar-refractivity contribution in [2.75, 3.05) is 0 Å². The summed E-state index contributed by atoms with van der Waals surface area (Å²) in [6.07, 6.45) is 0.156. The summed E-state index contributed by atoms with van der Waals surface area (Å²) in [5.41, 5.74) is 7.80. The number of hydrogen-bond acceptors (Lipinski definition) is 3. The minimum Gasteiger partial charge on any atom is -0.481 e. The highest BCUT2D eigenvalue weighted by atomic mass is 32.2. The molecule has 0 saturated carbocycles. The lowest BCUT2D eigenvalue weighted by atomic mass is 10.1. The first-order valence-electron chi connectivity index (χ1n) is 5.63. The lowest BCUT2D eigenvalue weighted by molar-refractivity contribution is -0.136. The topological polar surface area (TPSA) is 80.4 Å². The van der Waals surface area contributed by atoms with Gasteiger partial charge in [0.1, 0.15) is 0 Å². The summed E-state index contributed by atoms with van der Waals surface area (Å²) < 4.78 is 0. The number of primary amides is 1. The quantitative estimate of drug-likeness (QED) is 0.828. The maximum Gasteiger partial charge on any atom is 0.304 e. The minimum absolute atomic E-state index is 0.0673. The SMILES string of the molecule is Cc1cc(C(N)=O)ccc1CSC(C)CC(=O)O. The Hall–Kier alpha value is -1.49. The van der Waals surface area contributed by atoms with Crippen LogP contribution in [-0.4, -0.2) is 22.2 Å². The zero-order valence-electron chi connectivity index (χ0n) is 10.5. The minimum atomic E-state index is -0.782. The summed E-state index contributed by atoms with van der Waals surface area (Å²) in [7, 11) is 0. The molecule has 4 nitrogen and oxygen atoms in total. The van der Waals surface area contributed by atoms with E-state index in [1.165, 1.54) is 0 Å². The van der Waals surface area contributed by atoms with Crippen LogP contribution < -0.4 is 5.73 Å². The van der Waals surface area contributed by atoms with Gasteiger partial charge in [0.15, 0.2) is 0 Å². The third-order valence-corrected chi connectivity index (χ3v) is 3.83. The summed E-state index contributed by atoms with van der Waals surface area (Å²) >= 11 is 1.59. The van der Waals surface area contributed by atoms with Gasteiger partial charge in [-0.2, -0.15) is 11.8 Å². The maximum absolute atomic E-state index is 11.0. The average molecular weight is 267 g/mol. The molecule has 0 bridgehead atoms. The van der Waals surface area contributed by atoms with Crippen molar-refractivity contribution in [2.24, 2.45) is 5.73 Å². The molecule has 0 saturated heterocycles. The highest BCUT2D eigenvalue weighted by Crippen LogP contribution is 2.22. The Labute approximate surface area is 111 Å². The lowest BCUT2D eigenvalue weighted by Crippen LogP contribution is -2.11. The molecule has 0 spiro atoms. The number of carbonyl (C=O) groups is 2. The molecule has 5 heteroatoms. The van der Waals surface area contributed by atoms with Crippen LogP contribution >= 0.6 is 11.8 Å². The van der Waals surface area contributed by atoms with Gasteiger partial charge in [-0.1, -0.05) is 13.0 Å². The Morgan fingerprint density at radius 1 is 1.44 bits per heavy atom. The second-order valence-corrected chi connectivity index (χ2v) is 5.65. The summed E-state index contributed by atoms with van der Waals surface area (Å²) in [5, 5.41) is 8.74. The van der Waals surface area contributed by atoms with Crippen LogP contribution in [0.4, 0.5) is 0 Å². The molecule has 3 N–H and O–H groups in total. The van der Waals surface area contributed by atoms with Crippen LogP contribution in [0.2, 0.25) is 0 Å². The third-order valence-electron chi connectivity index (χ3n) is 2.61. The van der Waals surface area contributed by atoms with Gasteiger partial charge in [-0.15, -0.1) is 0 Å². The molecule has 1 aromatic carbocycles. The fourth-order valence-corrected chi connectivity index (χ4v) is 2.60. The van der Waals surface area contributed by atoms with E-state index >= 15 is 0 Å². The Kier molecular flexibility index (Phi) is 5.22. The highest BCUT2D eigenvalue weighted by Gasteiger charge is 2.10. The number of amides is 1. The van der Waals surface area contributed by atoms with E-state index in [0.29, 0.717) is 5.56 Å². The van der Waals surface area contributed by atoms with Crippen LogP contribution in [0, 0.1) is 6.92 Å². The van der Waals surface area contributed by atoms with Crippen LogP contribution in [0.5, 0.6) is 0 Å². The van der Waals surface area contributed by atoms with Crippen LogP contribution in [0.1, 0.15) is 34.8 Å². The number of carboxylic acids is 1. The molecule has 1 rings (SSSR count). The van der Waals surface area contributed by atoms with Crippen LogP contribution in [0.25, 0.3) is 0 Å². The average Bonchev–Trinajstić information content (AvgIpc) is 2.26. The highest BCUT2D eigenvalue weighted by molar-refractivity contribution is 7.99. The first kappa shape index (κ1) is 14.6. The molecular weight excluding hydrogens is 250 g/mol. The van der Waals surface area contributed by atoms with Crippen molar-refractivity contribution in [3.63, 3.8) is 0 Å². The molecule has 0 aliphatic carbocycles. The van der Waals surface area contributed by atoms with E-state index in [-0.39, 0.29) is 11.7 Å². The number of thioether (sulfide) groups is 1. The van der Waals surface area contributed by atoms with Gasteiger partial charge in [0, 0.05) is 16.6 Å². The standard InChI is InChI=1S/C13H17NO3S/c1-8-5-10(13(14)17)3-4-11(8)7-18-9(2)6-12(15)16/h3-5,9H,6-7H2,1-2H3,(H2,14,17)(H,15,16). The largest absolute Gasteiger partial charge is 0.481 e. The normalized spacial score (nSPS) is 12.1. The molecule has 1 atom stereocenters. The smallest absolute Gasteiger partial charge is 0.304 e. The van der Waals surface area contributed by atoms with Gasteiger partial charge in [0.25, 0.3) is 0 Å². The molecule has 18 heavy (non-hydrogen) atoms. The predicted octanol–water partition coefficient (Wildman–Crippen LogP) is 2.19. The van der Waals surface area contributed by atoms with Gasteiger partial charge in [-0.25, -0.2) is 0 Å². The molecule has 1 aromatic rings. The molecule has 0 heterocycles. The molecule has 98 valence electrons. The Balaban J connectivity index is 2.63. The molecule has 0 aliphatic rings. The third kappa shape index (κ3) is 4.41. The number of nitrogens with two attached hydrogens (primary N) is 1. The van der Waals surface area contributed by atoms with Crippen molar-refractivity contribution >= 4 is 23.6 Å². The summed E-state index contributed by atoms with van der Waals surface area (Å²) in [5.74, 6) is -0.480. The second kappa shape index (κ2) is 6.44. The number of carboxylic acid groups (broad SMARTS) is 1. The predicted molar refractivity (Wildman–Crippen MR) is 72.7 cm³/mol. The van der Waals surface area contributed by atoms with Crippen molar-refractivity contribution in [3.05, 3.63) is 34.9 Å². The Morgan fingerprint density at radius 3 is 2.61 bits per heavy atom. The molecular formula is C13H17NO3S. The van der Waals surface area contributed by atoms with E-state index in [4.69, 9.17) is 10.8 Å². The number of aryl methyl sites for hydroxylation is 1. The molecule has 0 aromatic heterocycles. The summed E-state index contributed by atoms with van der Waals surface area (Å²) in [6, 6.07) is 5.34. The van der Waals surface area contributed by atoms with E-state index in [1.54, 1.807) is 23.9 Å². The number of rotatable bonds is 6. The van der Waals surface area contributed by atoms with Crippen molar-refractivity contribution in [3.8, 4) is 0 Å². The van der Waals surface area contributed by atoms with E-state index in [9.17, 15) is 9.59 Å². The Bertz CT molecular complexity index is 460. The van der Waals surface area contributed by atoms with Gasteiger partial charge in [-0.3, -0.25) is 9.59 Å². The Morgan fingerprint density at radius 2 is 2.11 bits per heavy atom. The van der Waals surface area contributed by atoms with Crippen molar-refractivity contribution in [2.45, 2.75) is 31.3 Å². The number of carbonyl (C=O) groups excluding carboxylic acids is 1. The van der Waals surface area contributed by atoms with Crippen molar-refractivity contribution < 1.29 is 14.7 Å². The summed E-state index contributed by atoms with van der Waals surface area (Å²) in [6.45, 7) is 3.82. The van der Waals surface area contributed by atoms with E-state index < -0.39 is 11.9 Å². The van der Waals surface area contributed by atoms with Crippen molar-refractivity contribution in [1.29, 1.82) is 0 Å². The van der Waals surface area contributed by atoms with Gasteiger partial charge >= 0.3 is 5.97 Å². The fourth-order valence-electron chi connectivity index (χ4n) is 1.55. The molecule has 1 amide bonds. The molecule has 1 unspecified atom stereocenters. The van der Waals surface area contributed by atoms with Gasteiger partial charge in [0.2, 0.25) is 5.91 Å². The lowest BCUT2D eigenvalue weighted by Gasteiger charge is -2.11. The van der Waals surface area contributed by atoms with Crippen LogP contribution in [0.3, 0.4) is 0 Å². The first-order valence-corrected chi connectivity index (χ1v) is 6.67. The van der Waals surface area contributed by atoms with E-state index in [0.717, 1.165) is 16.9 Å². The monoisotopic (exact) mass is 267 g/mol. The zero-order chi connectivity index (χ0) is 13.7. The molecule has 0 fully saturated rings. The molecule has 0 aliphatic heterocycles. The van der Waals surface area contributed by atoms with Crippen molar-refractivity contribution in [1.82, 2.24) is 0 Å². The van der Waals surface area contributed by atoms with Crippen LogP contribution in [0.15, 0.2) is 18.2 Å². The molecule has 0 radical (unpaired) electrons.